The van der Waals surface area contributed by atoms with E-state index in [0.29, 0.717) is 18.1 Å². The SMILES string of the molecule is Cc1ccc(NC(=O)CCN2C(=S)N[C@@H](c3ccccn3)[C@H]2c2cc(C)n(-c3ccc(N(C)C)cc3)c2C)cc1. The lowest BCUT2D eigenvalue weighted by atomic mass is 9.96. The summed E-state index contributed by atoms with van der Waals surface area (Å²) in [6.07, 6.45) is 2.12. The summed E-state index contributed by atoms with van der Waals surface area (Å²) in [4.78, 5) is 21.8. The topological polar surface area (TPSA) is 65.4 Å². The first-order chi connectivity index (χ1) is 19.2. The number of pyridine rings is 1. The van der Waals surface area contributed by atoms with Crippen molar-refractivity contribution in [2.45, 2.75) is 39.3 Å². The average molecular weight is 553 g/mol. The van der Waals surface area contributed by atoms with Crippen LogP contribution in [0.15, 0.2) is 79.0 Å². The lowest BCUT2D eigenvalue weighted by molar-refractivity contribution is -0.116. The number of carbonyl (C=O) groups is 1. The van der Waals surface area contributed by atoms with E-state index in [0.717, 1.165) is 45.3 Å². The fraction of sp³-hybridized carbons (Fsp3) is 0.281. The Morgan fingerprint density at radius 2 is 1.75 bits per heavy atom. The van der Waals surface area contributed by atoms with Crippen LogP contribution in [0, 0.1) is 20.8 Å². The Bertz CT molecular complexity index is 1500. The normalized spacial score (nSPS) is 16.6. The maximum absolute atomic E-state index is 12.9. The van der Waals surface area contributed by atoms with Gasteiger partial charge in [0.25, 0.3) is 0 Å². The van der Waals surface area contributed by atoms with E-state index in [1.807, 2.05) is 69.7 Å². The van der Waals surface area contributed by atoms with Crippen LogP contribution in [0.1, 0.15) is 46.7 Å². The molecular formula is C32H36N6OS. The summed E-state index contributed by atoms with van der Waals surface area (Å²) < 4.78 is 2.29. The Morgan fingerprint density at radius 3 is 2.40 bits per heavy atom. The number of aromatic nitrogens is 2. The molecule has 0 spiro atoms. The molecule has 0 unspecified atom stereocenters. The van der Waals surface area contributed by atoms with Gasteiger partial charge >= 0.3 is 0 Å². The fourth-order valence-corrected chi connectivity index (χ4v) is 5.78. The van der Waals surface area contributed by atoms with Gasteiger partial charge in [0.15, 0.2) is 5.11 Å². The molecule has 2 N–H and O–H groups in total. The highest BCUT2D eigenvalue weighted by Gasteiger charge is 2.41. The summed E-state index contributed by atoms with van der Waals surface area (Å²) in [5.74, 6) is -0.0434. The molecule has 7 nitrogen and oxygen atoms in total. The Balaban J connectivity index is 1.46. The Hall–Kier alpha value is -4.17. The van der Waals surface area contributed by atoms with Crippen molar-refractivity contribution in [1.29, 1.82) is 0 Å². The van der Waals surface area contributed by atoms with E-state index in [1.54, 1.807) is 0 Å². The van der Waals surface area contributed by atoms with Gasteiger partial charge in [0.1, 0.15) is 0 Å². The van der Waals surface area contributed by atoms with E-state index in [4.69, 9.17) is 12.2 Å². The molecule has 2 atom stereocenters. The standard InChI is InChI=1S/C32H36N6OS/c1-21-9-11-24(12-10-21)34-29(39)17-19-37-31(30(35-32(37)40)28-8-6-7-18-33-28)27-20-22(2)38(23(27)3)26-15-13-25(14-16-26)36(4)5/h6-16,18,20,30-31H,17,19H2,1-5H3,(H,34,39)(H,35,40)/t30-,31+/m0/s1. The highest BCUT2D eigenvalue weighted by Crippen LogP contribution is 2.41. The number of benzene rings is 2. The van der Waals surface area contributed by atoms with Crippen molar-refractivity contribution in [3.63, 3.8) is 0 Å². The third kappa shape index (κ3) is 5.58. The van der Waals surface area contributed by atoms with Gasteiger partial charge in [-0.1, -0.05) is 23.8 Å². The van der Waals surface area contributed by atoms with E-state index < -0.39 is 0 Å². The van der Waals surface area contributed by atoms with Crippen molar-refractivity contribution in [3.8, 4) is 5.69 Å². The minimum Gasteiger partial charge on any atom is -0.378 e. The number of nitrogens with zero attached hydrogens (tertiary/aromatic N) is 4. The summed E-state index contributed by atoms with van der Waals surface area (Å²) in [5.41, 5.74) is 8.57. The number of rotatable bonds is 8. The third-order valence-electron chi connectivity index (χ3n) is 7.53. The van der Waals surface area contributed by atoms with E-state index in [9.17, 15) is 4.79 Å². The highest BCUT2D eigenvalue weighted by atomic mass is 32.1. The van der Waals surface area contributed by atoms with E-state index in [2.05, 4.69) is 74.2 Å². The van der Waals surface area contributed by atoms with Gasteiger partial charge in [0.05, 0.1) is 17.8 Å². The number of hydrogen-bond donors (Lipinski definition) is 2. The highest BCUT2D eigenvalue weighted by molar-refractivity contribution is 7.80. The number of nitrogens with one attached hydrogen (secondary N) is 2. The molecule has 40 heavy (non-hydrogen) atoms. The number of anilines is 2. The molecule has 2 aromatic carbocycles. The number of thiocarbonyl (C=S) groups is 1. The van der Waals surface area contributed by atoms with Crippen LogP contribution >= 0.6 is 12.2 Å². The van der Waals surface area contributed by atoms with Gasteiger partial charge in [-0.15, -0.1) is 0 Å². The molecule has 4 aromatic rings. The van der Waals surface area contributed by atoms with Gasteiger partial charge in [-0.2, -0.15) is 0 Å². The van der Waals surface area contributed by atoms with Crippen LogP contribution in [-0.4, -0.2) is 46.1 Å². The van der Waals surface area contributed by atoms with Crippen LogP contribution in [0.3, 0.4) is 0 Å². The van der Waals surface area contributed by atoms with E-state index >= 15 is 0 Å². The summed E-state index contributed by atoms with van der Waals surface area (Å²) >= 11 is 5.85. The molecule has 1 aliphatic rings. The molecule has 1 amide bonds. The number of amides is 1. The van der Waals surface area contributed by atoms with Gasteiger partial charge in [-0.25, -0.2) is 0 Å². The monoisotopic (exact) mass is 552 g/mol. The predicted octanol–water partition coefficient (Wildman–Crippen LogP) is 5.86. The largest absolute Gasteiger partial charge is 0.378 e. The van der Waals surface area contributed by atoms with Crippen LogP contribution in [0.4, 0.5) is 11.4 Å². The Labute approximate surface area is 241 Å². The molecule has 0 saturated carbocycles. The zero-order valence-electron chi connectivity index (χ0n) is 23.7. The molecule has 8 heteroatoms. The third-order valence-corrected chi connectivity index (χ3v) is 7.88. The lowest BCUT2D eigenvalue weighted by Crippen LogP contribution is -2.32. The van der Waals surface area contributed by atoms with Crippen LogP contribution in [0.5, 0.6) is 0 Å². The second-order valence-electron chi connectivity index (χ2n) is 10.6. The number of aryl methyl sites for hydroxylation is 2. The molecule has 0 bridgehead atoms. The van der Waals surface area contributed by atoms with Gasteiger partial charge in [-0.3, -0.25) is 9.78 Å². The predicted molar refractivity (Wildman–Crippen MR) is 166 cm³/mol. The lowest BCUT2D eigenvalue weighted by Gasteiger charge is -2.28. The molecule has 1 fully saturated rings. The molecule has 1 saturated heterocycles. The summed E-state index contributed by atoms with van der Waals surface area (Å²) in [6.45, 7) is 6.80. The second-order valence-corrected chi connectivity index (χ2v) is 10.9. The minimum absolute atomic E-state index is 0.0434. The van der Waals surface area contributed by atoms with E-state index in [-0.39, 0.29) is 18.0 Å². The van der Waals surface area contributed by atoms with Gasteiger partial charge in [0.2, 0.25) is 5.91 Å². The molecule has 0 aliphatic carbocycles. The molecule has 1 aliphatic heterocycles. The minimum atomic E-state index is -0.140. The van der Waals surface area contributed by atoms with Crippen LogP contribution in [0.25, 0.3) is 5.69 Å². The Morgan fingerprint density at radius 1 is 1.02 bits per heavy atom. The first-order valence-corrected chi connectivity index (χ1v) is 13.9. The first-order valence-electron chi connectivity index (χ1n) is 13.5. The van der Waals surface area contributed by atoms with Crippen LogP contribution < -0.4 is 15.5 Å². The average Bonchev–Trinajstić information content (AvgIpc) is 3.43. The van der Waals surface area contributed by atoms with Crippen molar-refractivity contribution in [2.24, 2.45) is 0 Å². The Kier molecular flexibility index (Phi) is 7.89. The molecule has 2 aromatic heterocycles. The maximum atomic E-state index is 12.9. The van der Waals surface area contributed by atoms with E-state index in [1.165, 1.54) is 0 Å². The van der Waals surface area contributed by atoms with Crippen molar-refractivity contribution in [1.82, 2.24) is 19.8 Å². The first kappa shape index (κ1) is 27.4. The molecule has 3 heterocycles. The second kappa shape index (κ2) is 11.5. The van der Waals surface area contributed by atoms with Gasteiger partial charge in [-0.05, 0) is 93.1 Å². The van der Waals surface area contributed by atoms with Crippen molar-refractivity contribution < 1.29 is 4.79 Å². The molecule has 0 radical (unpaired) electrons. The quantitative estimate of drug-likeness (QED) is 0.267. The molecular weight excluding hydrogens is 516 g/mol. The summed E-state index contributed by atoms with van der Waals surface area (Å²) in [7, 11) is 4.09. The van der Waals surface area contributed by atoms with Crippen LogP contribution in [-0.2, 0) is 4.79 Å². The van der Waals surface area contributed by atoms with Crippen molar-refractivity contribution in [3.05, 3.63) is 107 Å². The van der Waals surface area contributed by atoms with Gasteiger partial charge < -0.3 is 25.0 Å². The van der Waals surface area contributed by atoms with Gasteiger partial charge in [0, 0.05) is 61.7 Å². The fourth-order valence-electron chi connectivity index (χ4n) is 5.45. The molecule has 5 rings (SSSR count). The summed E-state index contributed by atoms with van der Waals surface area (Å²) in [5, 5.41) is 7.16. The number of hydrogen-bond acceptors (Lipinski definition) is 4. The van der Waals surface area contributed by atoms with Crippen LogP contribution in [0.2, 0.25) is 0 Å². The van der Waals surface area contributed by atoms with Crippen molar-refractivity contribution >= 4 is 34.6 Å². The summed E-state index contributed by atoms with van der Waals surface area (Å²) in [6, 6.07) is 24.3. The smallest absolute Gasteiger partial charge is 0.226 e. The number of carbonyl (C=O) groups excluding carboxylic acids is 1. The zero-order valence-corrected chi connectivity index (χ0v) is 24.5. The maximum Gasteiger partial charge on any atom is 0.226 e. The van der Waals surface area contributed by atoms with Crippen molar-refractivity contribution in [2.75, 3.05) is 30.9 Å². The zero-order chi connectivity index (χ0) is 28.4. The molecule has 206 valence electrons.